The van der Waals surface area contributed by atoms with Crippen molar-refractivity contribution in [1.82, 2.24) is 9.80 Å². The Bertz CT molecular complexity index is 1480. The summed E-state index contributed by atoms with van der Waals surface area (Å²) in [7, 11) is 2.08. The lowest BCUT2D eigenvalue weighted by molar-refractivity contribution is -0.221. The highest BCUT2D eigenvalue weighted by Crippen LogP contribution is 2.65. The summed E-state index contributed by atoms with van der Waals surface area (Å²) in [6, 6.07) is 10.3. The van der Waals surface area contributed by atoms with Gasteiger partial charge >= 0.3 is 12.1 Å². The summed E-state index contributed by atoms with van der Waals surface area (Å²) in [4.78, 5) is 30.6. The van der Waals surface area contributed by atoms with Crippen LogP contribution in [0.4, 0.5) is 13.2 Å². The number of amides is 1. The predicted octanol–water partition coefficient (Wildman–Crippen LogP) is 4.97. The van der Waals surface area contributed by atoms with Crippen molar-refractivity contribution in [2.24, 2.45) is 5.92 Å². The van der Waals surface area contributed by atoms with Crippen molar-refractivity contribution in [2.45, 2.75) is 81.8 Å². The summed E-state index contributed by atoms with van der Waals surface area (Å²) < 4.78 is 52.2. The van der Waals surface area contributed by atoms with Crippen LogP contribution in [0.15, 0.2) is 42.5 Å². The van der Waals surface area contributed by atoms with Gasteiger partial charge in [-0.05, 0) is 81.1 Å². The molecular weight excluding hydrogens is 545 g/mol. The maximum Gasteiger partial charge on any atom is 0.416 e. The lowest BCUT2D eigenvalue weighted by atomic mass is 9.48. The molecule has 2 fully saturated rings. The van der Waals surface area contributed by atoms with Gasteiger partial charge in [0.25, 0.3) is 5.91 Å². The van der Waals surface area contributed by atoms with Crippen molar-refractivity contribution in [3.63, 3.8) is 0 Å². The second-order valence-corrected chi connectivity index (χ2v) is 12.5. The first kappa shape index (κ1) is 28.6. The van der Waals surface area contributed by atoms with Crippen LogP contribution in [0.2, 0.25) is 0 Å². The first-order chi connectivity index (χ1) is 19.9. The lowest BCUT2D eigenvalue weighted by Gasteiger charge is -2.65. The number of hydrogen-bond donors (Lipinski definition) is 0. The molecule has 2 heterocycles. The van der Waals surface area contributed by atoms with Gasteiger partial charge in [-0.3, -0.25) is 14.5 Å². The minimum absolute atomic E-state index is 0.0169. The number of alkyl halides is 3. The van der Waals surface area contributed by atoms with E-state index in [2.05, 4.69) is 29.9 Å². The van der Waals surface area contributed by atoms with Crippen molar-refractivity contribution in [3.05, 3.63) is 64.7 Å². The van der Waals surface area contributed by atoms with Gasteiger partial charge < -0.3 is 14.4 Å². The van der Waals surface area contributed by atoms with E-state index >= 15 is 0 Å². The normalized spacial score (nSPS) is 29.2. The van der Waals surface area contributed by atoms with Crippen LogP contribution in [0.5, 0.6) is 5.75 Å². The molecule has 6 nitrogen and oxygen atoms in total. The number of nitrogens with zero attached hydrogens (tertiary/aromatic N) is 2. The van der Waals surface area contributed by atoms with Crippen molar-refractivity contribution in [2.75, 3.05) is 20.1 Å². The smallest absolute Gasteiger partial charge is 0.416 e. The van der Waals surface area contributed by atoms with Gasteiger partial charge in [0.2, 0.25) is 0 Å². The number of carbonyl (C=O) groups is 2. The molecule has 0 unspecified atom stereocenters. The Morgan fingerprint density at radius 3 is 2.57 bits per heavy atom. The van der Waals surface area contributed by atoms with E-state index in [0.29, 0.717) is 24.9 Å². The minimum Gasteiger partial charge on any atom is -0.487 e. The number of halogens is 3. The molecular formula is C33H35F3N2O4. The topological polar surface area (TPSA) is 59.1 Å². The van der Waals surface area contributed by atoms with E-state index in [-0.39, 0.29) is 24.0 Å². The summed E-state index contributed by atoms with van der Waals surface area (Å²) in [5.41, 5.74) is 0.470. The van der Waals surface area contributed by atoms with E-state index in [0.717, 1.165) is 42.8 Å². The van der Waals surface area contributed by atoms with Gasteiger partial charge in [0.1, 0.15) is 17.5 Å². The van der Waals surface area contributed by atoms with Crippen LogP contribution < -0.4 is 4.74 Å². The number of ether oxygens (including phenoxy) is 2. The fourth-order valence-corrected chi connectivity index (χ4v) is 8.15. The van der Waals surface area contributed by atoms with E-state index in [1.807, 2.05) is 26.0 Å². The monoisotopic (exact) mass is 580 g/mol. The summed E-state index contributed by atoms with van der Waals surface area (Å²) in [5, 5.41) is 0. The molecule has 1 saturated carbocycles. The Balaban J connectivity index is 1.40. The predicted molar refractivity (Wildman–Crippen MR) is 150 cm³/mol. The molecule has 1 spiro atoms. The first-order valence-electron chi connectivity index (χ1n) is 14.6. The standard InChI is InChI=1S/C33H35F3N2O4/c1-20(2)19-38(28(40)13-10-22-8-11-24(12-9-22)33(34,35)36)25-14-15-32(42-21(3)39)27-18-23-6-5-7-26-29(23)31(32,30(25)41-26)16-17-37(27)4/h5-9,11-12,20,25,27,30H,14-19H2,1-4H3/t25-,27+,30-,31-,32+/m0/s1. The van der Waals surface area contributed by atoms with Crippen LogP contribution >= 0.6 is 0 Å². The van der Waals surface area contributed by atoms with Gasteiger partial charge in [-0.2, -0.15) is 13.2 Å². The van der Waals surface area contributed by atoms with Crippen LogP contribution in [0.3, 0.4) is 0 Å². The third-order valence-electron chi connectivity index (χ3n) is 9.63. The second-order valence-electron chi connectivity index (χ2n) is 12.5. The molecule has 2 aliphatic carbocycles. The van der Waals surface area contributed by atoms with E-state index in [9.17, 15) is 22.8 Å². The largest absolute Gasteiger partial charge is 0.487 e. The van der Waals surface area contributed by atoms with Crippen LogP contribution in [-0.2, 0) is 32.3 Å². The van der Waals surface area contributed by atoms with Gasteiger partial charge in [-0.15, -0.1) is 0 Å². The van der Waals surface area contributed by atoms with Crippen molar-refractivity contribution in [3.8, 4) is 17.6 Å². The molecule has 2 aromatic carbocycles. The molecule has 2 aliphatic heterocycles. The summed E-state index contributed by atoms with van der Waals surface area (Å²) in [5.74, 6) is 5.69. The van der Waals surface area contributed by atoms with Crippen molar-refractivity contribution < 1.29 is 32.2 Å². The molecule has 0 radical (unpaired) electrons. The molecule has 2 bridgehead atoms. The Kier molecular flexibility index (Phi) is 6.84. The minimum atomic E-state index is -4.44. The summed E-state index contributed by atoms with van der Waals surface area (Å²) in [6.07, 6.45) is -2.26. The van der Waals surface area contributed by atoms with E-state index in [1.165, 1.54) is 24.6 Å². The molecule has 0 N–H and O–H groups in total. The van der Waals surface area contributed by atoms with E-state index in [4.69, 9.17) is 9.47 Å². The lowest BCUT2D eigenvalue weighted by Crippen LogP contribution is -2.79. The van der Waals surface area contributed by atoms with Crippen LogP contribution in [0.1, 0.15) is 62.3 Å². The van der Waals surface area contributed by atoms with Crippen LogP contribution in [0, 0.1) is 17.8 Å². The maximum absolute atomic E-state index is 13.8. The van der Waals surface area contributed by atoms with Crippen molar-refractivity contribution >= 4 is 11.9 Å². The molecule has 9 heteroatoms. The molecule has 6 rings (SSSR count). The molecule has 0 aromatic heterocycles. The molecule has 222 valence electrons. The molecule has 1 saturated heterocycles. The SMILES string of the molecule is CC(=O)O[C@@]12CC[C@H](N(CC(C)C)C(=O)C#Cc3ccc(C(F)(F)F)cc3)[C@@H]3Oc4cccc5c4[C@@]31CCN(C)[C@@H]2C5. The van der Waals surface area contributed by atoms with E-state index < -0.39 is 34.8 Å². The number of hydrogen-bond acceptors (Lipinski definition) is 5. The first-order valence-corrected chi connectivity index (χ1v) is 14.6. The van der Waals surface area contributed by atoms with E-state index in [1.54, 1.807) is 4.90 Å². The molecule has 4 aliphatic rings. The maximum atomic E-state index is 13.8. The Morgan fingerprint density at radius 1 is 1.17 bits per heavy atom. The average Bonchev–Trinajstić information content (AvgIpc) is 3.27. The average molecular weight is 581 g/mol. The quantitative estimate of drug-likeness (QED) is 0.378. The highest BCUT2D eigenvalue weighted by Gasteiger charge is 2.75. The Labute approximate surface area is 244 Å². The third kappa shape index (κ3) is 4.29. The highest BCUT2D eigenvalue weighted by molar-refractivity contribution is 5.94. The van der Waals surface area contributed by atoms with Crippen LogP contribution in [0.25, 0.3) is 0 Å². The number of esters is 1. The molecule has 2 aromatic rings. The number of carbonyl (C=O) groups excluding carboxylic acids is 2. The van der Waals surface area contributed by atoms with Crippen LogP contribution in [-0.4, -0.2) is 65.6 Å². The summed E-state index contributed by atoms with van der Waals surface area (Å²) in [6.45, 7) is 6.77. The Hall–Kier alpha value is -3.51. The number of rotatable bonds is 4. The molecule has 5 atom stereocenters. The van der Waals surface area contributed by atoms with Gasteiger partial charge in [0.15, 0.2) is 0 Å². The Morgan fingerprint density at radius 2 is 1.90 bits per heavy atom. The van der Waals surface area contributed by atoms with Gasteiger partial charge in [-0.1, -0.05) is 31.9 Å². The number of likely N-dealkylation sites (tertiary alicyclic amines) is 1. The van der Waals surface area contributed by atoms with Crippen molar-refractivity contribution in [1.29, 1.82) is 0 Å². The van der Waals surface area contributed by atoms with Gasteiger partial charge in [0.05, 0.1) is 23.1 Å². The molecule has 42 heavy (non-hydrogen) atoms. The highest BCUT2D eigenvalue weighted by atomic mass is 19.4. The summed E-state index contributed by atoms with van der Waals surface area (Å²) >= 11 is 0. The fraction of sp³-hybridized carbons (Fsp3) is 0.515. The zero-order chi connectivity index (χ0) is 30.0. The number of piperidine rings is 1. The number of benzene rings is 2. The van der Waals surface area contributed by atoms with Gasteiger partial charge in [-0.25, -0.2) is 0 Å². The third-order valence-corrected chi connectivity index (χ3v) is 9.63. The fourth-order valence-electron chi connectivity index (χ4n) is 8.15. The zero-order valence-corrected chi connectivity index (χ0v) is 24.3. The zero-order valence-electron chi connectivity index (χ0n) is 24.3. The number of likely N-dealkylation sites (N-methyl/N-ethyl adjacent to an activating group) is 1. The van der Waals surface area contributed by atoms with Gasteiger partial charge in [0, 0.05) is 30.5 Å². The molecule has 1 amide bonds. The second kappa shape index (κ2) is 10.0.